The molecule has 17 heavy (non-hydrogen) atoms. The molecule has 0 aromatic heterocycles. The second kappa shape index (κ2) is 4.74. The lowest BCUT2D eigenvalue weighted by molar-refractivity contribution is -0.297. The average molecular weight is 231 g/mol. The summed E-state index contributed by atoms with van der Waals surface area (Å²) in [6, 6.07) is 5.53. The number of carbonyl (C=O) groups is 1. The number of allylic oxidation sites excluding steroid dienone is 2. The van der Waals surface area contributed by atoms with Crippen molar-refractivity contribution in [3.8, 4) is 11.5 Å². The monoisotopic (exact) mass is 231 g/mol. The number of benzene rings is 1. The lowest BCUT2D eigenvalue weighted by atomic mass is 10.1. The van der Waals surface area contributed by atoms with Crippen LogP contribution in [0.15, 0.2) is 35.9 Å². The van der Waals surface area contributed by atoms with Gasteiger partial charge in [0.25, 0.3) is 0 Å². The van der Waals surface area contributed by atoms with Crippen LogP contribution in [-0.4, -0.2) is 12.8 Å². The topological polar surface area (TPSA) is 58.6 Å². The first kappa shape index (κ1) is 11.3. The summed E-state index contributed by atoms with van der Waals surface area (Å²) in [5, 5.41) is 10.3. The zero-order valence-electron chi connectivity index (χ0n) is 9.30. The summed E-state index contributed by atoms with van der Waals surface area (Å²) in [6.07, 6.45) is 4.55. The van der Waals surface area contributed by atoms with Gasteiger partial charge in [0, 0.05) is 0 Å². The van der Waals surface area contributed by atoms with Crippen LogP contribution in [0.1, 0.15) is 12.5 Å². The number of aliphatic carboxylic acids is 1. The molecule has 1 aromatic rings. The van der Waals surface area contributed by atoms with Crippen LogP contribution in [0.2, 0.25) is 0 Å². The smallest absolute Gasteiger partial charge is 0.231 e. The molecule has 0 radical (unpaired) electrons. The van der Waals surface area contributed by atoms with Gasteiger partial charge in [-0.25, -0.2) is 0 Å². The Morgan fingerprint density at radius 2 is 2.12 bits per heavy atom. The number of carboxylic acid groups (broad SMARTS) is 1. The highest BCUT2D eigenvalue weighted by molar-refractivity contribution is 5.79. The van der Waals surface area contributed by atoms with E-state index >= 15 is 0 Å². The molecule has 0 N–H and O–H groups in total. The van der Waals surface area contributed by atoms with Crippen molar-refractivity contribution < 1.29 is 19.4 Å². The Balaban J connectivity index is 2.14. The summed E-state index contributed by atoms with van der Waals surface area (Å²) in [5.41, 5.74) is 1.53. The molecule has 1 aliphatic heterocycles. The first-order chi connectivity index (χ1) is 8.15. The van der Waals surface area contributed by atoms with Crippen molar-refractivity contribution in [2.75, 3.05) is 6.79 Å². The van der Waals surface area contributed by atoms with Crippen molar-refractivity contribution in [3.63, 3.8) is 0 Å². The highest BCUT2D eigenvalue weighted by Gasteiger charge is 2.11. The number of rotatable bonds is 3. The first-order valence-corrected chi connectivity index (χ1v) is 5.12. The summed E-state index contributed by atoms with van der Waals surface area (Å²) in [7, 11) is 0. The second-order valence-corrected chi connectivity index (χ2v) is 3.65. The van der Waals surface area contributed by atoms with E-state index in [-0.39, 0.29) is 6.79 Å². The van der Waals surface area contributed by atoms with Gasteiger partial charge >= 0.3 is 0 Å². The van der Waals surface area contributed by atoms with Gasteiger partial charge in [-0.05, 0) is 36.3 Å². The zero-order valence-corrected chi connectivity index (χ0v) is 9.30. The molecule has 2 rings (SSSR count). The zero-order chi connectivity index (χ0) is 12.3. The maximum absolute atomic E-state index is 10.3. The average Bonchev–Trinajstić information content (AvgIpc) is 2.72. The molecule has 1 heterocycles. The quantitative estimate of drug-likeness (QED) is 0.578. The second-order valence-electron chi connectivity index (χ2n) is 3.65. The molecular weight excluding hydrogens is 220 g/mol. The summed E-state index contributed by atoms with van der Waals surface area (Å²) in [5.74, 6) is 0.232. The van der Waals surface area contributed by atoms with Crippen molar-refractivity contribution >= 4 is 12.0 Å². The number of carbonyl (C=O) groups excluding carboxylic acids is 1. The van der Waals surface area contributed by atoms with Crippen LogP contribution in [0.5, 0.6) is 11.5 Å². The fourth-order valence-electron chi connectivity index (χ4n) is 1.48. The van der Waals surface area contributed by atoms with E-state index in [2.05, 4.69) is 0 Å². The maximum atomic E-state index is 10.3. The van der Waals surface area contributed by atoms with Crippen LogP contribution in [0.3, 0.4) is 0 Å². The largest absolute Gasteiger partial charge is 0.545 e. The van der Waals surface area contributed by atoms with Crippen LogP contribution >= 0.6 is 0 Å². The van der Waals surface area contributed by atoms with Crippen molar-refractivity contribution in [2.24, 2.45) is 0 Å². The van der Waals surface area contributed by atoms with Gasteiger partial charge in [-0.3, -0.25) is 0 Å². The number of hydrogen-bond acceptors (Lipinski definition) is 4. The maximum Gasteiger partial charge on any atom is 0.231 e. The summed E-state index contributed by atoms with van der Waals surface area (Å²) in [4.78, 5) is 10.3. The van der Waals surface area contributed by atoms with Gasteiger partial charge < -0.3 is 19.4 Å². The first-order valence-electron chi connectivity index (χ1n) is 5.12. The predicted molar refractivity (Wildman–Crippen MR) is 60.4 cm³/mol. The normalized spacial score (nSPS) is 14.3. The van der Waals surface area contributed by atoms with Crippen molar-refractivity contribution in [1.29, 1.82) is 0 Å². The Morgan fingerprint density at radius 3 is 2.88 bits per heavy atom. The third-order valence-electron chi connectivity index (χ3n) is 2.28. The van der Waals surface area contributed by atoms with E-state index in [4.69, 9.17) is 9.47 Å². The summed E-state index contributed by atoms with van der Waals surface area (Å²) in [6.45, 7) is 1.94. The van der Waals surface area contributed by atoms with Crippen LogP contribution in [0, 0.1) is 0 Å². The molecule has 1 aromatic carbocycles. The van der Waals surface area contributed by atoms with Gasteiger partial charge in [0.1, 0.15) is 0 Å². The minimum Gasteiger partial charge on any atom is -0.545 e. The van der Waals surface area contributed by atoms with Crippen LogP contribution < -0.4 is 14.6 Å². The Bertz CT molecular complexity index is 500. The molecule has 1 aliphatic rings. The SMILES string of the molecule is CC(C=Cc1ccc2c(c1)OCO2)=CC(=O)[O-]. The van der Waals surface area contributed by atoms with E-state index in [1.54, 1.807) is 19.1 Å². The van der Waals surface area contributed by atoms with Crippen LogP contribution in [0.4, 0.5) is 0 Å². The van der Waals surface area contributed by atoms with Gasteiger partial charge in [-0.2, -0.15) is 0 Å². The Hall–Kier alpha value is -2.23. The summed E-state index contributed by atoms with van der Waals surface area (Å²) >= 11 is 0. The van der Waals surface area contributed by atoms with Gasteiger partial charge in [-0.1, -0.05) is 18.2 Å². The van der Waals surface area contributed by atoms with E-state index in [1.165, 1.54) is 0 Å². The van der Waals surface area contributed by atoms with E-state index in [0.717, 1.165) is 17.4 Å². The molecule has 0 spiro atoms. The van der Waals surface area contributed by atoms with E-state index in [9.17, 15) is 9.90 Å². The molecule has 0 aliphatic carbocycles. The van der Waals surface area contributed by atoms with E-state index < -0.39 is 5.97 Å². The molecule has 4 nitrogen and oxygen atoms in total. The molecule has 0 atom stereocenters. The molecule has 88 valence electrons. The molecule has 0 saturated heterocycles. The molecule has 0 saturated carbocycles. The highest BCUT2D eigenvalue weighted by atomic mass is 16.7. The highest BCUT2D eigenvalue weighted by Crippen LogP contribution is 2.32. The fraction of sp³-hybridized carbons (Fsp3) is 0.154. The minimum absolute atomic E-state index is 0.242. The molecule has 0 fully saturated rings. The van der Waals surface area contributed by atoms with Gasteiger partial charge in [-0.15, -0.1) is 0 Å². The number of ether oxygens (including phenoxy) is 2. The standard InChI is InChI=1S/C13H12O4/c1-9(6-13(14)15)2-3-10-4-5-11-12(7-10)17-8-16-11/h2-7H,8H2,1H3,(H,14,15)/p-1. The Morgan fingerprint density at radius 1 is 1.35 bits per heavy atom. The van der Waals surface area contributed by atoms with Gasteiger partial charge in [0.05, 0.1) is 5.97 Å². The number of fused-ring (bicyclic) bond motifs is 1. The number of hydrogen-bond donors (Lipinski definition) is 0. The van der Waals surface area contributed by atoms with E-state index in [0.29, 0.717) is 11.3 Å². The Labute approximate surface area is 98.8 Å². The third kappa shape index (κ3) is 2.87. The molecule has 0 amide bonds. The van der Waals surface area contributed by atoms with Crippen molar-refractivity contribution in [2.45, 2.75) is 6.92 Å². The van der Waals surface area contributed by atoms with Crippen molar-refractivity contribution in [3.05, 3.63) is 41.5 Å². The lowest BCUT2D eigenvalue weighted by Gasteiger charge is -1.98. The fourth-order valence-corrected chi connectivity index (χ4v) is 1.48. The van der Waals surface area contributed by atoms with Crippen molar-refractivity contribution in [1.82, 2.24) is 0 Å². The van der Waals surface area contributed by atoms with Crippen LogP contribution in [0.25, 0.3) is 6.08 Å². The number of carboxylic acids is 1. The lowest BCUT2D eigenvalue weighted by Crippen LogP contribution is -2.19. The molecular formula is C13H11O4-. The molecule has 0 unspecified atom stereocenters. The van der Waals surface area contributed by atoms with Crippen LogP contribution in [-0.2, 0) is 4.79 Å². The molecule has 4 heteroatoms. The van der Waals surface area contributed by atoms with Gasteiger partial charge in [0.15, 0.2) is 11.5 Å². The Kier molecular flexibility index (Phi) is 3.14. The van der Waals surface area contributed by atoms with E-state index in [1.807, 2.05) is 18.2 Å². The summed E-state index contributed by atoms with van der Waals surface area (Å²) < 4.78 is 10.4. The van der Waals surface area contributed by atoms with Gasteiger partial charge in [0.2, 0.25) is 6.79 Å². The third-order valence-corrected chi connectivity index (χ3v) is 2.28. The minimum atomic E-state index is -1.20. The molecule has 0 bridgehead atoms. The predicted octanol–water partition coefficient (Wildman–Crippen LogP) is 1.12.